The van der Waals surface area contributed by atoms with Crippen molar-refractivity contribution in [1.29, 1.82) is 0 Å². The van der Waals surface area contributed by atoms with Crippen LogP contribution in [0.25, 0.3) is 0 Å². The third-order valence-electron chi connectivity index (χ3n) is 3.79. The fraction of sp³-hybridized carbons (Fsp3) is 0.769. The number of aryl methyl sites for hydroxylation is 1. The van der Waals surface area contributed by atoms with Gasteiger partial charge in [0.1, 0.15) is 0 Å². The van der Waals surface area contributed by atoms with Crippen LogP contribution in [-0.4, -0.2) is 23.2 Å². The van der Waals surface area contributed by atoms with E-state index in [1.165, 1.54) is 25.7 Å². The summed E-state index contributed by atoms with van der Waals surface area (Å²) in [6, 6.07) is 0. The molecule has 1 aliphatic carbocycles. The molecule has 0 amide bonds. The van der Waals surface area contributed by atoms with Crippen LogP contribution in [0.15, 0.2) is 0 Å². The van der Waals surface area contributed by atoms with Crippen molar-refractivity contribution >= 4 is 16.5 Å². The minimum atomic E-state index is -0.253. The first kappa shape index (κ1) is 11.5. The van der Waals surface area contributed by atoms with Gasteiger partial charge in [0, 0.05) is 13.1 Å². The summed E-state index contributed by atoms with van der Waals surface area (Å²) in [4.78, 5) is 8.31. The molecule has 2 heterocycles. The Morgan fingerprint density at radius 2 is 1.88 bits per heavy atom. The Morgan fingerprint density at radius 3 is 2.59 bits per heavy atom. The lowest BCUT2D eigenvalue weighted by Crippen LogP contribution is -2.23. The predicted molar refractivity (Wildman–Crippen MR) is 70.7 cm³/mol. The SMILES string of the molecule is OC1CCCc2nc(N3CCCCCC3)sc21. The van der Waals surface area contributed by atoms with Crippen molar-refractivity contribution in [2.75, 3.05) is 18.0 Å². The molecule has 1 N–H and O–H groups in total. The molecule has 4 heteroatoms. The molecule has 1 atom stereocenters. The molecular weight excluding hydrogens is 232 g/mol. The monoisotopic (exact) mass is 252 g/mol. The maximum Gasteiger partial charge on any atom is 0.185 e. The summed E-state index contributed by atoms with van der Waals surface area (Å²) in [5, 5.41) is 11.1. The van der Waals surface area contributed by atoms with Crippen molar-refractivity contribution in [2.45, 2.75) is 51.0 Å². The fourth-order valence-electron chi connectivity index (χ4n) is 2.78. The highest BCUT2D eigenvalue weighted by Gasteiger charge is 2.24. The average Bonchev–Trinajstić information content (AvgIpc) is 2.59. The second-order valence-electron chi connectivity index (χ2n) is 5.12. The van der Waals surface area contributed by atoms with Crippen LogP contribution >= 0.6 is 11.3 Å². The molecule has 2 aliphatic rings. The van der Waals surface area contributed by atoms with Crippen molar-refractivity contribution in [3.63, 3.8) is 0 Å². The second-order valence-corrected chi connectivity index (χ2v) is 6.13. The van der Waals surface area contributed by atoms with Gasteiger partial charge in [-0.3, -0.25) is 0 Å². The van der Waals surface area contributed by atoms with Crippen molar-refractivity contribution in [1.82, 2.24) is 4.98 Å². The zero-order chi connectivity index (χ0) is 11.7. The molecule has 1 fully saturated rings. The Morgan fingerprint density at radius 1 is 1.12 bits per heavy atom. The topological polar surface area (TPSA) is 36.4 Å². The van der Waals surface area contributed by atoms with Gasteiger partial charge in [0.15, 0.2) is 5.13 Å². The van der Waals surface area contributed by atoms with E-state index < -0.39 is 0 Å². The summed E-state index contributed by atoms with van der Waals surface area (Å²) in [5.41, 5.74) is 1.16. The van der Waals surface area contributed by atoms with E-state index in [2.05, 4.69) is 4.90 Å². The Hall–Kier alpha value is -0.610. The van der Waals surface area contributed by atoms with Crippen LogP contribution in [0.3, 0.4) is 0 Å². The predicted octanol–water partition coefficient (Wildman–Crippen LogP) is 2.89. The number of nitrogens with zero attached hydrogens (tertiary/aromatic N) is 2. The number of anilines is 1. The van der Waals surface area contributed by atoms with Crippen LogP contribution in [0.2, 0.25) is 0 Å². The lowest BCUT2D eigenvalue weighted by Gasteiger charge is -2.18. The highest BCUT2D eigenvalue weighted by molar-refractivity contribution is 7.15. The van der Waals surface area contributed by atoms with Crippen molar-refractivity contribution < 1.29 is 5.11 Å². The van der Waals surface area contributed by atoms with Gasteiger partial charge < -0.3 is 10.0 Å². The van der Waals surface area contributed by atoms with E-state index in [1.807, 2.05) is 0 Å². The van der Waals surface area contributed by atoms with E-state index in [1.54, 1.807) is 11.3 Å². The maximum absolute atomic E-state index is 9.98. The Bertz CT molecular complexity index is 383. The first-order chi connectivity index (χ1) is 8.34. The molecule has 1 saturated heterocycles. The van der Waals surface area contributed by atoms with Crippen LogP contribution in [0, 0.1) is 0 Å². The standard InChI is InChI=1S/C13H20N2OS/c16-11-7-5-6-10-12(11)17-13(14-10)15-8-3-1-2-4-9-15/h11,16H,1-9H2. The summed E-state index contributed by atoms with van der Waals surface area (Å²) >= 11 is 1.72. The zero-order valence-electron chi connectivity index (χ0n) is 10.2. The second kappa shape index (κ2) is 4.94. The molecular formula is C13H20N2OS. The van der Waals surface area contributed by atoms with Gasteiger partial charge in [0.2, 0.25) is 0 Å². The first-order valence-electron chi connectivity index (χ1n) is 6.77. The average molecular weight is 252 g/mol. The zero-order valence-corrected chi connectivity index (χ0v) is 11.0. The molecule has 3 nitrogen and oxygen atoms in total. The molecule has 0 saturated carbocycles. The van der Waals surface area contributed by atoms with Gasteiger partial charge in [0.25, 0.3) is 0 Å². The molecule has 1 unspecified atom stereocenters. The number of aromatic nitrogens is 1. The number of aliphatic hydroxyl groups excluding tert-OH is 1. The van der Waals surface area contributed by atoms with Gasteiger partial charge in [0.05, 0.1) is 16.7 Å². The van der Waals surface area contributed by atoms with Crippen LogP contribution in [0.4, 0.5) is 5.13 Å². The van der Waals surface area contributed by atoms with Crippen LogP contribution in [0.1, 0.15) is 55.2 Å². The lowest BCUT2D eigenvalue weighted by atomic mass is 10.0. The molecule has 94 valence electrons. The summed E-state index contributed by atoms with van der Waals surface area (Å²) in [7, 11) is 0. The van der Waals surface area contributed by atoms with E-state index in [9.17, 15) is 5.11 Å². The molecule has 17 heavy (non-hydrogen) atoms. The number of hydrogen-bond acceptors (Lipinski definition) is 4. The number of thiazole rings is 1. The summed E-state index contributed by atoms with van der Waals surface area (Å²) in [6.07, 6.45) is 8.06. The number of fused-ring (bicyclic) bond motifs is 1. The van der Waals surface area contributed by atoms with E-state index >= 15 is 0 Å². The number of rotatable bonds is 1. The highest BCUT2D eigenvalue weighted by Crippen LogP contribution is 2.37. The van der Waals surface area contributed by atoms with Gasteiger partial charge in [-0.05, 0) is 32.1 Å². The Balaban J connectivity index is 1.83. The van der Waals surface area contributed by atoms with Gasteiger partial charge >= 0.3 is 0 Å². The quantitative estimate of drug-likeness (QED) is 0.835. The van der Waals surface area contributed by atoms with Crippen molar-refractivity contribution in [3.8, 4) is 0 Å². The number of hydrogen-bond donors (Lipinski definition) is 1. The van der Waals surface area contributed by atoms with E-state index in [-0.39, 0.29) is 6.10 Å². The molecule has 0 radical (unpaired) electrons. The van der Waals surface area contributed by atoms with Crippen LogP contribution < -0.4 is 4.90 Å². The van der Waals surface area contributed by atoms with E-state index in [0.717, 1.165) is 48.1 Å². The van der Waals surface area contributed by atoms with Gasteiger partial charge in [-0.2, -0.15) is 0 Å². The summed E-state index contributed by atoms with van der Waals surface area (Å²) < 4.78 is 0. The molecule has 0 spiro atoms. The first-order valence-corrected chi connectivity index (χ1v) is 7.59. The molecule has 0 aromatic carbocycles. The highest BCUT2D eigenvalue weighted by atomic mass is 32.1. The molecule has 1 aromatic heterocycles. The fourth-order valence-corrected chi connectivity index (χ4v) is 3.96. The van der Waals surface area contributed by atoms with Crippen molar-refractivity contribution in [3.05, 3.63) is 10.6 Å². The number of aliphatic hydroxyl groups is 1. The largest absolute Gasteiger partial charge is 0.388 e. The van der Waals surface area contributed by atoms with Gasteiger partial charge in [-0.25, -0.2) is 4.98 Å². The molecule has 1 aliphatic heterocycles. The third-order valence-corrected chi connectivity index (χ3v) is 5.05. The molecule has 0 bridgehead atoms. The maximum atomic E-state index is 9.98. The normalized spacial score (nSPS) is 25.5. The molecule has 1 aromatic rings. The summed E-state index contributed by atoms with van der Waals surface area (Å²) in [5.74, 6) is 0. The minimum Gasteiger partial charge on any atom is -0.388 e. The Kier molecular flexibility index (Phi) is 3.34. The van der Waals surface area contributed by atoms with Crippen LogP contribution in [0.5, 0.6) is 0 Å². The molecule has 3 rings (SSSR count). The van der Waals surface area contributed by atoms with Gasteiger partial charge in [-0.1, -0.05) is 24.2 Å². The van der Waals surface area contributed by atoms with Gasteiger partial charge in [-0.15, -0.1) is 0 Å². The lowest BCUT2D eigenvalue weighted by molar-refractivity contribution is 0.160. The van der Waals surface area contributed by atoms with Crippen LogP contribution in [-0.2, 0) is 6.42 Å². The third kappa shape index (κ3) is 2.33. The smallest absolute Gasteiger partial charge is 0.185 e. The van der Waals surface area contributed by atoms with E-state index in [0.29, 0.717) is 0 Å². The van der Waals surface area contributed by atoms with E-state index in [4.69, 9.17) is 4.98 Å². The van der Waals surface area contributed by atoms with Crippen molar-refractivity contribution in [2.24, 2.45) is 0 Å². The minimum absolute atomic E-state index is 0.253. The summed E-state index contributed by atoms with van der Waals surface area (Å²) in [6.45, 7) is 2.28. The Labute approximate surface area is 106 Å².